The molecule has 1 heterocycles. The van der Waals surface area contributed by atoms with Crippen molar-refractivity contribution in [1.29, 1.82) is 0 Å². The van der Waals surface area contributed by atoms with Crippen molar-refractivity contribution in [3.8, 4) is 0 Å². The number of H-pyrrole nitrogens is 1. The first kappa shape index (κ1) is 12.4. The highest BCUT2D eigenvalue weighted by molar-refractivity contribution is 5.72. The summed E-state index contributed by atoms with van der Waals surface area (Å²) in [5, 5.41) is 0. The molecule has 1 fully saturated rings. The van der Waals surface area contributed by atoms with Gasteiger partial charge in [-0.3, -0.25) is 4.98 Å². The first-order valence-electron chi connectivity index (χ1n) is 6.59. The number of hydrogen-bond acceptors (Lipinski definition) is 4. The van der Waals surface area contributed by atoms with E-state index >= 15 is 0 Å². The van der Waals surface area contributed by atoms with Crippen molar-refractivity contribution < 1.29 is 4.42 Å². The predicted molar refractivity (Wildman–Crippen MR) is 74.0 cm³/mol. The maximum atomic E-state index is 11.2. The lowest BCUT2D eigenvalue weighted by atomic mass is 9.73. The summed E-state index contributed by atoms with van der Waals surface area (Å²) in [6.07, 6.45) is 2.11. The molecule has 2 aromatic rings. The maximum Gasteiger partial charge on any atom is 0.417 e. The van der Waals surface area contributed by atoms with Crippen molar-refractivity contribution in [3.05, 3.63) is 34.3 Å². The molecule has 0 bridgehead atoms. The number of hydrogen-bond donors (Lipinski definition) is 2. The highest BCUT2D eigenvalue weighted by Gasteiger charge is 2.35. The Hall–Kier alpha value is -1.59. The van der Waals surface area contributed by atoms with Gasteiger partial charge in [-0.25, -0.2) is 4.79 Å². The van der Waals surface area contributed by atoms with Crippen LogP contribution in [0.5, 0.6) is 0 Å². The zero-order valence-electron chi connectivity index (χ0n) is 11.2. The van der Waals surface area contributed by atoms with Crippen molar-refractivity contribution in [2.75, 3.05) is 14.1 Å². The van der Waals surface area contributed by atoms with E-state index in [1.165, 1.54) is 5.56 Å². The number of fused-ring (bicyclic) bond motifs is 1. The number of benzene rings is 1. The molecule has 5 heteroatoms. The lowest BCUT2D eigenvalue weighted by Gasteiger charge is -2.41. The van der Waals surface area contributed by atoms with Crippen LogP contribution >= 0.6 is 0 Å². The minimum Gasteiger partial charge on any atom is -0.408 e. The molecule has 0 spiro atoms. The van der Waals surface area contributed by atoms with E-state index in [4.69, 9.17) is 10.2 Å². The van der Waals surface area contributed by atoms with Crippen LogP contribution in [0, 0.1) is 5.92 Å². The van der Waals surface area contributed by atoms with Crippen molar-refractivity contribution in [3.63, 3.8) is 0 Å². The van der Waals surface area contributed by atoms with Crippen LogP contribution in [0.15, 0.2) is 27.4 Å². The van der Waals surface area contributed by atoms with E-state index in [1.807, 2.05) is 12.1 Å². The smallest absolute Gasteiger partial charge is 0.408 e. The summed E-state index contributed by atoms with van der Waals surface area (Å²) in [4.78, 5) is 16.1. The highest BCUT2D eigenvalue weighted by atomic mass is 16.4. The molecule has 1 atom stereocenters. The zero-order valence-corrected chi connectivity index (χ0v) is 11.2. The highest BCUT2D eigenvalue weighted by Crippen LogP contribution is 2.40. The molecule has 0 aliphatic heterocycles. The van der Waals surface area contributed by atoms with Crippen LogP contribution in [0.1, 0.15) is 24.4 Å². The van der Waals surface area contributed by atoms with Crippen molar-refractivity contribution in [1.82, 2.24) is 9.88 Å². The van der Waals surface area contributed by atoms with Gasteiger partial charge in [-0.2, -0.15) is 0 Å². The molecular formula is C14H19N3O2. The van der Waals surface area contributed by atoms with E-state index < -0.39 is 5.76 Å². The number of aromatic amines is 1. The summed E-state index contributed by atoms with van der Waals surface area (Å²) in [7, 11) is 4.15. The molecule has 1 saturated carbocycles. The second-order valence-corrected chi connectivity index (χ2v) is 5.67. The Bertz CT molecular complexity index is 637. The van der Waals surface area contributed by atoms with Gasteiger partial charge < -0.3 is 15.1 Å². The molecule has 1 aromatic heterocycles. The SMILES string of the molecule is CN(C)C(c1ccc2[nH]c(=O)oc2c1)C1CC(N)C1. The summed E-state index contributed by atoms with van der Waals surface area (Å²) < 4.78 is 5.14. The molecule has 19 heavy (non-hydrogen) atoms. The summed E-state index contributed by atoms with van der Waals surface area (Å²) in [5.74, 6) is 0.173. The average Bonchev–Trinajstić information content (AvgIpc) is 2.66. The van der Waals surface area contributed by atoms with Gasteiger partial charge in [-0.1, -0.05) is 6.07 Å². The number of aromatic nitrogens is 1. The fourth-order valence-corrected chi connectivity index (χ4v) is 3.10. The molecule has 0 saturated heterocycles. The predicted octanol–water partition coefficient (Wildman–Crippen LogP) is 1.46. The first-order chi connectivity index (χ1) is 9.04. The Balaban J connectivity index is 1.97. The summed E-state index contributed by atoms with van der Waals surface area (Å²) in [5.41, 5.74) is 8.44. The van der Waals surface area contributed by atoms with E-state index in [0.717, 1.165) is 18.4 Å². The zero-order chi connectivity index (χ0) is 13.6. The van der Waals surface area contributed by atoms with E-state index in [2.05, 4.69) is 30.0 Å². The third-order valence-corrected chi connectivity index (χ3v) is 4.00. The molecule has 102 valence electrons. The number of nitrogens with two attached hydrogens (primary N) is 1. The quantitative estimate of drug-likeness (QED) is 0.877. The lowest BCUT2D eigenvalue weighted by Crippen LogP contribution is -2.43. The maximum absolute atomic E-state index is 11.2. The summed E-state index contributed by atoms with van der Waals surface area (Å²) in [6, 6.07) is 6.58. The molecule has 0 radical (unpaired) electrons. The molecule has 3 rings (SSSR count). The van der Waals surface area contributed by atoms with E-state index in [-0.39, 0.29) is 0 Å². The Morgan fingerprint density at radius 3 is 2.79 bits per heavy atom. The van der Waals surface area contributed by atoms with Crippen LogP contribution in [0.2, 0.25) is 0 Å². The molecule has 1 aliphatic carbocycles. The second kappa shape index (κ2) is 4.51. The van der Waals surface area contributed by atoms with Gasteiger partial charge in [0, 0.05) is 12.1 Å². The Morgan fingerprint density at radius 2 is 2.16 bits per heavy atom. The van der Waals surface area contributed by atoms with Crippen LogP contribution in [0.25, 0.3) is 11.1 Å². The molecule has 3 N–H and O–H groups in total. The van der Waals surface area contributed by atoms with E-state index in [0.29, 0.717) is 23.6 Å². The molecule has 5 nitrogen and oxygen atoms in total. The van der Waals surface area contributed by atoms with Crippen molar-refractivity contribution >= 4 is 11.1 Å². The number of nitrogens with zero attached hydrogens (tertiary/aromatic N) is 1. The third-order valence-electron chi connectivity index (χ3n) is 4.00. The number of rotatable bonds is 3. The van der Waals surface area contributed by atoms with Crippen molar-refractivity contribution in [2.24, 2.45) is 11.7 Å². The minimum absolute atomic E-state index is 0.324. The molecule has 1 aromatic carbocycles. The largest absolute Gasteiger partial charge is 0.417 e. The first-order valence-corrected chi connectivity index (χ1v) is 6.59. The van der Waals surface area contributed by atoms with Gasteiger partial charge in [0.1, 0.15) is 0 Å². The van der Waals surface area contributed by atoms with Crippen LogP contribution in [0.4, 0.5) is 0 Å². The standard InChI is InChI=1S/C14H19N3O2/c1-17(2)13(9-5-10(15)6-9)8-3-4-11-12(7-8)19-14(18)16-11/h3-4,7,9-10,13H,5-6,15H2,1-2H3,(H,16,18). The Kier molecular flexibility index (Phi) is 2.95. The summed E-state index contributed by atoms with van der Waals surface area (Å²) >= 11 is 0. The summed E-state index contributed by atoms with van der Waals surface area (Å²) in [6.45, 7) is 0. The molecule has 1 unspecified atom stereocenters. The van der Waals surface area contributed by atoms with E-state index in [9.17, 15) is 4.79 Å². The van der Waals surface area contributed by atoms with Gasteiger partial charge in [0.25, 0.3) is 0 Å². The fraction of sp³-hybridized carbons (Fsp3) is 0.500. The lowest BCUT2D eigenvalue weighted by molar-refractivity contribution is 0.123. The topological polar surface area (TPSA) is 75.3 Å². The molecule has 0 amide bonds. The van der Waals surface area contributed by atoms with Crippen LogP contribution in [0.3, 0.4) is 0 Å². The van der Waals surface area contributed by atoms with Gasteiger partial charge in [0.15, 0.2) is 5.58 Å². The van der Waals surface area contributed by atoms with E-state index in [1.54, 1.807) is 0 Å². The molecule has 1 aliphatic rings. The van der Waals surface area contributed by atoms with Gasteiger partial charge in [0.2, 0.25) is 0 Å². The Labute approximate surface area is 111 Å². The van der Waals surface area contributed by atoms with Gasteiger partial charge >= 0.3 is 5.76 Å². The van der Waals surface area contributed by atoms with Crippen LogP contribution in [-0.2, 0) is 0 Å². The number of nitrogens with one attached hydrogen (secondary N) is 1. The Morgan fingerprint density at radius 1 is 1.42 bits per heavy atom. The van der Waals surface area contributed by atoms with Gasteiger partial charge in [0.05, 0.1) is 5.52 Å². The van der Waals surface area contributed by atoms with Crippen molar-refractivity contribution in [2.45, 2.75) is 24.9 Å². The minimum atomic E-state index is -0.404. The van der Waals surface area contributed by atoms with Gasteiger partial charge in [-0.05, 0) is 50.6 Å². The normalized spacial score (nSPS) is 24.6. The van der Waals surface area contributed by atoms with Crippen LogP contribution < -0.4 is 11.5 Å². The fourth-order valence-electron chi connectivity index (χ4n) is 3.10. The second-order valence-electron chi connectivity index (χ2n) is 5.67. The molecular weight excluding hydrogens is 242 g/mol. The number of oxazole rings is 1. The monoisotopic (exact) mass is 261 g/mol. The van der Waals surface area contributed by atoms with Gasteiger partial charge in [-0.15, -0.1) is 0 Å². The third kappa shape index (κ3) is 2.19. The van der Waals surface area contributed by atoms with Crippen LogP contribution in [-0.4, -0.2) is 30.0 Å². The average molecular weight is 261 g/mol.